The molecule has 0 aromatic carbocycles. The molecule has 1 N–H and O–H groups in total. The molecule has 25 heavy (non-hydrogen) atoms. The third-order valence-corrected chi connectivity index (χ3v) is 5.24. The zero-order valence-electron chi connectivity index (χ0n) is 13.2. The summed E-state index contributed by atoms with van der Waals surface area (Å²) in [6, 6.07) is 4.03. The molecule has 0 saturated carbocycles. The summed E-state index contributed by atoms with van der Waals surface area (Å²) >= 11 is 9.33. The first-order valence-electron chi connectivity index (χ1n) is 7.44. The van der Waals surface area contributed by atoms with Crippen molar-refractivity contribution in [2.45, 2.75) is 13.5 Å². The smallest absolute Gasteiger partial charge is 0.228 e. The lowest BCUT2D eigenvalue weighted by Gasteiger charge is -2.05. The Labute approximate surface area is 157 Å². The standard InChI is InChI=1S/C16H13ClN6S2/c1-10-4-14(25-22-10)20-16-18-6-13(17)15(21-16)12-5-19-23(8-12)7-11-2-3-24-9-11/h2-6,8-9H,7H2,1H3,(H,18,20,21). The molecule has 126 valence electrons. The number of thiophene rings is 1. The van der Waals surface area contributed by atoms with Gasteiger partial charge in [-0.25, -0.2) is 9.97 Å². The van der Waals surface area contributed by atoms with Crippen molar-refractivity contribution in [1.29, 1.82) is 0 Å². The fourth-order valence-electron chi connectivity index (χ4n) is 2.30. The Morgan fingerprint density at radius 1 is 1.32 bits per heavy atom. The number of halogens is 1. The number of anilines is 2. The molecule has 4 aromatic rings. The van der Waals surface area contributed by atoms with Crippen molar-refractivity contribution in [2.75, 3.05) is 5.32 Å². The molecule has 0 aliphatic rings. The van der Waals surface area contributed by atoms with Gasteiger partial charge in [0.15, 0.2) is 0 Å². The summed E-state index contributed by atoms with van der Waals surface area (Å²) in [6.45, 7) is 2.66. The fraction of sp³-hybridized carbons (Fsp3) is 0.125. The van der Waals surface area contributed by atoms with Gasteiger partial charge >= 0.3 is 0 Å². The highest BCUT2D eigenvalue weighted by atomic mass is 35.5. The molecule has 0 saturated heterocycles. The Balaban J connectivity index is 1.59. The van der Waals surface area contributed by atoms with Gasteiger partial charge in [0.1, 0.15) is 5.00 Å². The highest BCUT2D eigenvalue weighted by Gasteiger charge is 2.11. The third kappa shape index (κ3) is 3.71. The minimum absolute atomic E-state index is 0.480. The molecule has 4 aromatic heterocycles. The van der Waals surface area contributed by atoms with Crippen molar-refractivity contribution >= 4 is 45.4 Å². The molecule has 0 bridgehead atoms. The van der Waals surface area contributed by atoms with E-state index in [2.05, 4.69) is 41.6 Å². The average molecular weight is 389 g/mol. The maximum atomic E-state index is 6.29. The topological polar surface area (TPSA) is 68.5 Å². The maximum Gasteiger partial charge on any atom is 0.228 e. The van der Waals surface area contributed by atoms with Gasteiger partial charge in [-0.1, -0.05) is 11.6 Å². The van der Waals surface area contributed by atoms with Crippen molar-refractivity contribution < 1.29 is 0 Å². The van der Waals surface area contributed by atoms with Crippen LogP contribution >= 0.6 is 34.5 Å². The fourth-order valence-corrected chi connectivity index (χ4v) is 3.82. The van der Waals surface area contributed by atoms with Gasteiger partial charge in [-0.2, -0.15) is 20.8 Å². The van der Waals surface area contributed by atoms with E-state index in [4.69, 9.17) is 11.6 Å². The van der Waals surface area contributed by atoms with Crippen molar-refractivity contribution in [2.24, 2.45) is 0 Å². The van der Waals surface area contributed by atoms with E-state index in [1.807, 2.05) is 23.9 Å². The lowest BCUT2D eigenvalue weighted by Crippen LogP contribution is -1.98. The van der Waals surface area contributed by atoms with Gasteiger partial charge in [0.2, 0.25) is 5.95 Å². The summed E-state index contributed by atoms with van der Waals surface area (Å²) in [5, 5.41) is 13.1. The first kappa shape index (κ1) is 16.2. The van der Waals surface area contributed by atoms with Crippen LogP contribution in [-0.2, 0) is 6.54 Å². The molecular formula is C16H13ClN6S2. The van der Waals surface area contributed by atoms with Crippen LogP contribution in [0.25, 0.3) is 11.3 Å². The van der Waals surface area contributed by atoms with E-state index in [1.165, 1.54) is 17.1 Å². The molecule has 0 spiro atoms. The number of rotatable bonds is 5. The van der Waals surface area contributed by atoms with Crippen LogP contribution in [0, 0.1) is 6.92 Å². The summed E-state index contributed by atoms with van der Waals surface area (Å²) in [4.78, 5) is 8.77. The quantitative estimate of drug-likeness (QED) is 0.540. The monoisotopic (exact) mass is 388 g/mol. The van der Waals surface area contributed by atoms with Crippen molar-refractivity contribution in [3.63, 3.8) is 0 Å². The average Bonchev–Trinajstić information content (AvgIpc) is 3.33. The number of aromatic nitrogens is 5. The van der Waals surface area contributed by atoms with Gasteiger partial charge in [-0.15, -0.1) is 0 Å². The van der Waals surface area contributed by atoms with Crippen LogP contribution in [0.4, 0.5) is 10.9 Å². The SMILES string of the molecule is Cc1cc(Nc2ncc(Cl)c(-c3cnn(Cc4ccsc4)c3)n2)sn1. The molecule has 0 unspecified atom stereocenters. The van der Waals surface area contributed by atoms with Crippen LogP contribution in [0.2, 0.25) is 5.02 Å². The van der Waals surface area contributed by atoms with E-state index in [9.17, 15) is 0 Å². The maximum absolute atomic E-state index is 6.29. The Morgan fingerprint density at radius 3 is 3.00 bits per heavy atom. The van der Waals surface area contributed by atoms with Gasteiger partial charge in [0.25, 0.3) is 0 Å². The number of hydrogen-bond acceptors (Lipinski definition) is 7. The largest absolute Gasteiger partial charge is 0.314 e. The van der Waals surface area contributed by atoms with Gasteiger partial charge in [-0.05, 0) is 46.9 Å². The molecule has 0 fully saturated rings. The molecule has 6 nitrogen and oxygen atoms in total. The van der Waals surface area contributed by atoms with Crippen LogP contribution in [0.15, 0.2) is 41.5 Å². The molecule has 0 aliphatic heterocycles. The predicted molar refractivity (Wildman–Crippen MR) is 102 cm³/mol. The first-order valence-corrected chi connectivity index (χ1v) is 9.53. The highest BCUT2D eigenvalue weighted by Crippen LogP contribution is 2.27. The number of aryl methyl sites for hydroxylation is 1. The second-order valence-corrected chi connectivity index (χ2v) is 7.40. The van der Waals surface area contributed by atoms with E-state index in [-0.39, 0.29) is 0 Å². The van der Waals surface area contributed by atoms with Crippen LogP contribution in [-0.4, -0.2) is 24.1 Å². The normalized spacial score (nSPS) is 11.0. The first-order chi connectivity index (χ1) is 12.2. The Hall–Kier alpha value is -2.29. The Bertz CT molecular complexity index is 992. The summed E-state index contributed by atoms with van der Waals surface area (Å²) in [5.41, 5.74) is 3.68. The van der Waals surface area contributed by atoms with Gasteiger partial charge in [0.05, 0.1) is 35.3 Å². The summed E-state index contributed by atoms with van der Waals surface area (Å²) in [6.07, 6.45) is 5.30. The molecule has 0 amide bonds. The summed E-state index contributed by atoms with van der Waals surface area (Å²) in [7, 11) is 0. The second kappa shape index (κ2) is 6.91. The molecular weight excluding hydrogens is 376 g/mol. The van der Waals surface area contributed by atoms with E-state index in [0.717, 1.165) is 22.8 Å². The summed E-state index contributed by atoms with van der Waals surface area (Å²) in [5.74, 6) is 0.480. The molecule has 4 rings (SSSR count). The molecule has 9 heteroatoms. The van der Waals surface area contributed by atoms with Crippen LogP contribution in [0.1, 0.15) is 11.3 Å². The summed E-state index contributed by atoms with van der Waals surface area (Å²) < 4.78 is 6.11. The number of nitrogens with one attached hydrogen (secondary N) is 1. The minimum atomic E-state index is 0.480. The minimum Gasteiger partial charge on any atom is -0.314 e. The zero-order valence-corrected chi connectivity index (χ0v) is 15.6. The lowest BCUT2D eigenvalue weighted by atomic mass is 10.2. The van der Waals surface area contributed by atoms with Gasteiger partial charge in [-0.3, -0.25) is 4.68 Å². The van der Waals surface area contributed by atoms with Crippen LogP contribution < -0.4 is 5.32 Å². The van der Waals surface area contributed by atoms with Crippen molar-refractivity contribution in [3.8, 4) is 11.3 Å². The molecule has 4 heterocycles. The number of nitrogens with zero attached hydrogens (tertiary/aromatic N) is 5. The van der Waals surface area contributed by atoms with E-state index < -0.39 is 0 Å². The van der Waals surface area contributed by atoms with E-state index >= 15 is 0 Å². The van der Waals surface area contributed by atoms with Crippen LogP contribution in [0.5, 0.6) is 0 Å². The third-order valence-electron chi connectivity index (χ3n) is 3.44. The highest BCUT2D eigenvalue weighted by molar-refractivity contribution is 7.10. The Morgan fingerprint density at radius 2 is 2.24 bits per heavy atom. The van der Waals surface area contributed by atoms with E-state index in [1.54, 1.807) is 23.7 Å². The Kier molecular flexibility index (Phi) is 4.48. The lowest BCUT2D eigenvalue weighted by molar-refractivity contribution is 0.688. The van der Waals surface area contributed by atoms with Crippen molar-refractivity contribution in [1.82, 2.24) is 24.1 Å². The predicted octanol–water partition coefficient (Wildman–Crippen LogP) is 4.61. The van der Waals surface area contributed by atoms with E-state index in [0.29, 0.717) is 16.7 Å². The molecule has 0 aliphatic carbocycles. The molecule has 0 atom stereocenters. The molecule has 0 radical (unpaired) electrons. The number of hydrogen-bond donors (Lipinski definition) is 1. The van der Waals surface area contributed by atoms with Crippen LogP contribution in [0.3, 0.4) is 0 Å². The second-order valence-electron chi connectivity index (χ2n) is 5.41. The van der Waals surface area contributed by atoms with Crippen molar-refractivity contribution in [3.05, 3.63) is 57.8 Å². The van der Waals surface area contributed by atoms with Gasteiger partial charge in [0, 0.05) is 11.8 Å². The zero-order chi connectivity index (χ0) is 17.2. The van der Waals surface area contributed by atoms with Gasteiger partial charge < -0.3 is 5.32 Å².